The van der Waals surface area contributed by atoms with Crippen LogP contribution in [-0.4, -0.2) is 94.7 Å². The van der Waals surface area contributed by atoms with Crippen molar-refractivity contribution in [2.24, 2.45) is 0 Å². The zero-order valence-electron chi connectivity index (χ0n) is 34.4. The highest BCUT2D eigenvalue weighted by molar-refractivity contribution is 7.99. The van der Waals surface area contributed by atoms with Gasteiger partial charge in [-0.05, 0) is 110 Å². The summed E-state index contributed by atoms with van der Waals surface area (Å²) in [6.45, 7) is 15.2. The molecule has 302 valence electrons. The standard InChI is InChI=1S/C46H54N8O2S2/c1-7-51(8-2)27-29-57-43-23-15-39(16-24-43)53(45-47-31-37(32-48-45)35-11-19-41(55-5)20-12-35)54(40-17-25-44(26-18-40)58-30-28-52(9-3)10-4)46-49-33-38(34-50-46)36-13-21-42(56-6)22-14-36/h11-26,31-34H,7-10,27-30H2,1-6H3. The van der Waals surface area contributed by atoms with E-state index in [4.69, 9.17) is 29.4 Å². The summed E-state index contributed by atoms with van der Waals surface area (Å²) in [6.07, 6.45) is 7.43. The Morgan fingerprint density at radius 1 is 0.431 bits per heavy atom. The lowest BCUT2D eigenvalue weighted by molar-refractivity contribution is 0.324. The SMILES string of the molecule is CCN(CC)CCSc1ccc(N(c2ncc(-c3ccc(OC)cc3)cn2)N(c2ccc(SCCN(CC)CC)cc2)c2ncc(-c3ccc(OC)cc3)cn2)cc1. The van der Waals surface area contributed by atoms with Crippen molar-refractivity contribution in [1.29, 1.82) is 0 Å². The fraction of sp³-hybridized carbons (Fsp3) is 0.304. The third-order valence-electron chi connectivity index (χ3n) is 10.0. The maximum atomic E-state index is 5.39. The second kappa shape index (κ2) is 21.6. The summed E-state index contributed by atoms with van der Waals surface area (Å²) in [5.74, 6) is 4.56. The smallest absolute Gasteiger partial charge is 0.249 e. The summed E-state index contributed by atoms with van der Waals surface area (Å²) in [7, 11) is 3.34. The van der Waals surface area contributed by atoms with Crippen molar-refractivity contribution in [1.82, 2.24) is 29.7 Å². The Morgan fingerprint density at radius 2 is 0.759 bits per heavy atom. The summed E-state index contributed by atoms with van der Waals surface area (Å²) in [6, 6.07) is 33.0. The average molecular weight is 815 g/mol. The van der Waals surface area contributed by atoms with E-state index in [9.17, 15) is 0 Å². The molecule has 0 aliphatic carbocycles. The molecule has 2 aromatic heterocycles. The molecule has 0 unspecified atom stereocenters. The number of thioether (sulfide) groups is 2. The van der Waals surface area contributed by atoms with Gasteiger partial charge in [0.2, 0.25) is 11.9 Å². The molecule has 0 bridgehead atoms. The summed E-state index contributed by atoms with van der Waals surface area (Å²) >= 11 is 3.72. The largest absolute Gasteiger partial charge is 0.497 e. The van der Waals surface area contributed by atoms with Crippen LogP contribution in [0.5, 0.6) is 11.5 Å². The van der Waals surface area contributed by atoms with Crippen LogP contribution in [0.4, 0.5) is 23.3 Å². The highest BCUT2D eigenvalue weighted by Gasteiger charge is 2.26. The van der Waals surface area contributed by atoms with Crippen LogP contribution in [0.15, 0.2) is 132 Å². The number of benzene rings is 4. The second-order valence-electron chi connectivity index (χ2n) is 13.4. The van der Waals surface area contributed by atoms with Crippen LogP contribution in [0.25, 0.3) is 22.3 Å². The van der Waals surface area contributed by atoms with Gasteiger partial charge in [-0.2, -0.15) is 0 Å². The van der Waals surface area contributed by atoms with Gasteiger partial charge in [0.1, 0.15) is 11.5 Å². The van der Waals surface area contributed by atoms with E-state index in [1.807, 2.05) is 107 Å². The summed E-state index contributed by atoms with van der Waals surface area (Å²) in [4.78, 5) is 27.2. The minimum Gasteiger partial charge on any atom is -0.497 e. The van der Waals surface area contributed by atoms with E-state index in [1.165, 1.54) is 9.79 Å². The van der Waals surface area contributed by atoms with Crippen molar-refractivity contribution < 1.29 is 9.47 Å². The number of hydrazine groups is 1. The molecule has 0 radical (unpaired) electrons. The number of ether oxygens (including phenoxy) is 2. The predicted octanol–water partition coefficient (Wildman–Crippen LogP) is 10.4. The molecule has 10 nitrogen and oxygen atoms in total. The van der Waals surface area contributed by atoms with Gasteiger partial charge in [-0.25, -0.2) is 30.0 Å². The molecule has 0 fully saturated rings. The number of hydrogen-bond acceptors (Lipinski definition) is 12. The summed E-state index contributed by atoms with van der Waals surface area (Å²) in [5.41, 5.74) is 5.51. The van der Waals surface area contributed by atoms with Gasteiger partial charge in [0, 0.05) is 70.3 Å². The first-order valence-corrected chi connectivity index (χ1v) is 21.9. The molecule has 12 heteroatoms. The molecule has 0 saturated heterocycles. The topological polar surface area (TPSA) is 83.0 Å². The van der Waals surface area contributed by atoms with Gasteiger partial charge in [-0.3, -0.25) is 0 Å². The minimum atomic E-state index is 0.472. The van der Waals surface area contributed by atoms with Gasteiger partial charge < -0.3 is 19.3 Å². The van der Waals surface area contributed by atoms with E-state index >= 15 is 0 Å². The Labute approximate surface area is 352 Å². The van der Waals surface area contributed by atoms with E-state index in [-0.39, 0.29) is 0 Å². The Morgan fingerprint density at radius 3 is 1.05 bits per heavy atom. The Kier molecular flexibility index (Phi) is 15.8. The molecule has 4 aromatic carbocycles. The van der Waals surface area contributed by atoms with Crippen molar-refractivity contribution in [3.8, 4) is 33.8 Å². The molecule has 0 aliphatic rings. The lowest BCUT2D eigenvalue weighted by Gasteiger charge is -2.35. The van der Waals surface area contributed by atoms with E-state index in [1.54, 1.807) is 14.2 Å². The number of hydrogen-bond donors (Lipinski definition) is 0. The lowest BCUT2D eigenvalue weighted by atomic mass is 10.1. The predicted molar refractivity (Wildman–Crippen MR) is 242 cm³/mol. The lowest BCUT2D eigenvalue weighted by Crippen LogP contribution is -2.38. The van der Waals surface area contributed by atoms with Crippen molar-refractivity contribution in [3.63, 3.8) is 0 Å². The van der Waals surface area contributed by atoms with Gasteiger partial charge in [-0.1, -0.05) is 52.0 Å². The molecular weight excluding hydrogens is 761 g/mol. The molecule has 0 atom stereocenters. The zero-order chi connectivity index (χ0) is 40.7. The molecule has 6 rings (SSSR count). The number of nitrogens with zero attached hydrogens (tertiary/aromatic N) is 8. The zero-order valence-corrected chi connectivity index (χ0v) is 36.0. The van der Waals surface area contributed by atoms with Crippen molar-refractivity contribution in [3.05, 3.63) is 122 Å². The molecule has 0 spiro atoms. The first-order chi connectivity index (χ1) is 28.5. The molecule has 0 aliphatic heterocycles. The van der Waals surface area contributed by atoms with Gasteiger partial charge >= 0.3 is 0 Å². The molecule has 2 heterocycles. The van der Waals surface area contributed by atoms with E-state index in [0.29, 0.717) is 11.9 Å². The van der Waals surface area contributed by atoms with Crippen LogP contribution in [0.3, 0.4) is 0 Å². The summed E-state index contributed by atoms with van der Waals surface area (Å²) in [5, 5.41) is 3.99. The van der Waals surface area contributed by atoms with Gasteiger partial charge in [0.05, 0.1) is 25.6 Å². The molecule has 0 saturated carbocycles. The average Bonchev–Trinajstić information content (AvgIpc) is 3.29. The van der Waals surface area contributed by atoms with Gasteiger partial charge in [0.15, 0.2) is 0 Å². The normalized spacial score (nSPS) is 11.2. The van der Waals surface area contributed by atoms with Crippen LogP contribution in [-0.2, 0) is 0 Å². The number of anilines is 4. The van der Waals surface area contributed by atoms with Crippen LogP contribution in [0.1, 0.15) is 27.7 Å². The van der Waals surface area contributed by atoms with Crippen LogP contribution >= 0.6 is 23.5 Å². The molecular formula is C46H54N8O2S2. The maximum Gasteiger partial charge on any atom is 0.249 e. The highest BCUT2D eigenvalue weighted by atomic mass is 32.2. The number of methoxy groups -OCH3 is 2. The minimum absolute atomic E-state index is 0.472. The van der Waals surface area contributed by atoms with Gasteiger partial charge in [-0.15, -0.1) is 23.5 Å². The van der Waals surface area contributed by atoms with Crippen LogP contribution in [0.2, 0.25) is 0 Å². The van der Waals surface area contributed by atoms with E-state index in [2.05, 4.69) is 86.0 Å². The van der Waals surface area contributed by atoms with Crippen molar-refractivity contribution in [2.75, 3.05) is 75.0 Å². The Bertz CT molecular complexity index is 1940. The number of aromatic nitrogens is 4. The third kappa shape index (κ3) is 11.1. The van der Waals surface area contributed by atoms with E-state index in [0.717, 1.165) is 95.9 Å². The quantitative estimate of drug-likeness (QED) is 0.0512. The molecule has 6 aromatic rings. The summed E-state index contributed by atoms with van der Waals surface area (Å²) < 4.78 is 10.8. The molecule has 0 amide bonds. The van der Waals surface area contributed by atoms with E-state index < -0.39 is 0 Å². The second-order valence-corrected chi connectivity index (χ2v) is 15.7. The van der Waals surface area contributed by atoms with Crippen LogP contribution < -0.4 is 19.5 Å². The molecule has 0 N–H and O–H groups in total. The van der Waals surface area contributed by atoms with Gasteiger partial charge in [0.25, 0.3) is 0 Å². The maximum absolute atomic E-state index is 5.39. The Balaban J connectivity index is 1.39. The monoisotopic (exact) mass is 814 g/mol. The first kappa shape index (κ1) is 42.5. The van der Waals surface area contributed by atoms with Crippen molar-refractivity contribution in [2.45, 2.75) is 37.5 Å². The Hall–Kier alpha value is -5.14. The number of rotatable bonds is 21. The fourth-order valence-corrected chi connectivity index (χ4v) is 8.23. The first-order valence-electron chi connectivity index (χ1n) is 19.9. The fourth-order valence-electron chi connectivity index (χ4n) is 6.40. The van der Waals surface area contributed by atoms with Crippen LogP contribution in [0, 0.1) is 0 Å². The third-order valence-corrected chi connectivity index (χ3v) is 12.0. The highest BCUT2D eigenvalue weighted by Crippen LogP contribution is 2.36. The van der Waals surface area contributed by atoms with Crippen molar-refractivity contribution >= 4 is 46.8 Å². The molecule has 58 heavy (non-hydrogen) atoms.